The molecule has 1 aromatic heterocycles. The van der Waals surface area contributed by atoms with Gasteiger partial charge in [0, 0.05) is 28.6 Å². The number of para-hydroxylation sites is 2. The number of anilines is 1. The zero-order chi connectivity index (χ0) is 14.4. The largest absolute Gasteiger partial charge is 0.322 e. The Hall–Kier alpha value is -2.88. The van der Waals surface area contributed by atoms with E-state index in [1.54, 1.807) is 0 Å². The minimum Gasteiger partial charge on any atom is -0.322 e. The third-order valence-electron chi connectivity index (χ3n) is 3.88. The fourth-order valence-corrected chi connectivity index (χ4v) is 2.88. The molecule has 1 aliphatic heterocycles. The van der Waals surface area contributed by atoms with Gasteiger partial charge in [-0.05, 0) is 17.7 Å². The summed E-state index contributed by atoms with van der Waals surface area (Å²) in [6.45, 7) is 0. The van der Waals surface area contributed by atoms with Crippen LogP contribution in [0.1, 0.15) is 21.5 Å². The van der Waals surface area contributed by atoms with E-state index in [4.69, 9.17) is 0 Å². The van der Waals surface area contributed by atoms with Gasteiger partial charge in [-0.25, -0.2) is 0 Å². The van der Waals surface area contributed by atoms with E-state index in [0.717, 1.165) is 16.6 Å². The fraction of sp³-hybridized carbons (Fsp3) is 0.0588. The average molecular weight is 276 g/mol. The van der Waals surface area contributed by atoms with Gasteiger partial charge < -0.3 is 10.3 Å². The van der Waals surface area contributed by atoms with Crippen LogP contribution in [-0.4, -0.2) is 10.9 Å². The molecule has 4 nitrogen and oxygen atoms in total. The van der Waals surface area contributed by atoms with Crippen LogP contribution in [0.15, 0.2) is 53.3 Å². The van der Waals surface area contributed by atoms with Gasteiger partial charge in [0.05, 0.1) is 5.56 Å². The molecule has 21 heavy (non-hydrogen) atoms. The maximum absolute atomic E-state index is 12.6. The zero-order valence-electron chi connectivity index (χ0n) is 11.1. The second kappa shape index (κ2) is 4.31. The van der Waals surface area contributed by atoms with Gasteiger partial charge in [-0.1, -0.05) is 36.4 Å². The molecule has 0 bridgehead atoms. The minimum atomic E-state index is -0.225. The molecule has 0 saturated carbocycles. The minimum absolute atomic E-state index is 0.199. The quantitative estimate of drug-likeness (QED) is 0.663. The predicted octanol–water partition coefficient (Wildman–Crippen LogP) is 2.68. The Labute approximate surface area is 120 Å². The lowest BCUT2D eigenvalue weighted by atomic mass is 9.98. The van der Waals surface area contributed by atoms with Gasteiger partial charge in [-0.3, -0.25) is 9.59 Å². The zero-order valence-corrected chi connectivity index (χ0v) is 11.1. The summed E-state index contributed by atoms with van der Waals surface area (Å²) in [4.78, 5) is 27.8. The number of amides is 1. The SMILES string of the molecule is O=C1Nc2ccccc2Cc2c1c1ccccc1[nH]c2=O. The van der Waals surface area contributed by atoms with E-state index < -0.39 is 0 Å². The van der Waals surface area contributed by atoms with Crippen molar-refractivity contribution in [2.45, 2.75) is 6.42 Å². The highest BCUT2D eigenvalue weighted by atomic mass is 16.2. The van der Waals surface area contributed by atoms with Crippen LogP contribution in [0.4, 0.5) is 5.69 Å². The second-order valence-electron chi connectivity index (χ2n) is 5.14. The number of aromatic amines is 1. The summed E-state index contributed by atoms with van der Waals surface area (Å²) in [5.74, 6) is -0.225. The molecule has 3 aromatic rings. The highest BCUT2D eigenvalue weighted by molar-refractivity contribution is 6.14. The van der Waals surface area contributed by atoms with E-state index in [1.807, 2.05) is 48.5 Å². The van der Waals surface area contributed by atoms with E-state index in [0.29, 0.717) is 23.1 Å². The molecule has 1 aliphatic rings. The molecule has 0 fully saturated rings. The molecule has 0 spiro atoms. The summed E-state index contributed by atoms with van der Waals surface area (Å²) in [5, 5.41) is 3.68. The number of pyridine rings is 1. The summed E-state index contributed by atoms with van der Waals surface area (Å²) in [7, 11) is 0. The van der Waals surface area contributed by atoms with Crippen molar-refractivity contribution in [1.82, 2.24) is 4.98 Å². The van der Waals surface area contributed by atoms with Crippen molar-refractivity contribution in [3.63, 3.8) is 0 Å². The molecular formula is C17H12N2O2. The number of carbonyl (C=O) groups excluding carboxylic acids is 1. The number of benzene rings is 2. The van der Waals surface area contributed by atoms with Crippen LogP contribution in [0.3, 0.4) is 0 Å². The summed E-state index contributed by atoms with van der Waals surface area (Å²) < 4.78 is 0. The molecule has 102 valence electrons. The lowest BCUT2D eigenvalue weighted by molar-refractivity contribution is 0.102. The van der Waals surface area contributed by atoms with E-state index in [1.165, 1.54) is 0 Å². The first-order valence-electron chi connectivity index (χ1n) is 6.77. The first-order valence-corrected chi connectivity index (χ1v) is 6.77. The van der Waals surface area contributed by atoms with Crippen LogP contribution in [0.2, 0.25) is 0 Å². The topological polar surface area (TPSA) is 62.0 Å². The molecule has 0 saturated heterocycles. The molecule has 0 radical (unpaired) electrons. The smallest absolute Gasteiger partial charge is 0.256 e. The third kappa shape index (κ3) is 1.76. The molecule has 0 unspecified atom stereocenters. The summed E-state index contributed by atoms with van der Waals surface area (Å²) in [6.07, 6.45) is 0.449. The number of hydrogen-bond acceptors (Lipinski definition) is 2. The van der Waals surface area contributed by atoms with Gasteiger partial charge in [0.1, 0.15) is 0 Å². The molecule has 1 amide bonds. The third-order valence-corrected chi connectivity index (χ3v) is 3.88. The Morgan fingerprint density at radius 1 is 0.905 bits per heavy atom. The number of hydrogen-bond donors (Lipinski definition) is 2. The van der Waals surface area contributed by atoms with Crippen molar-refractivity contribution in [3.05, 3.63) is 75.6 Å². The van der Waals surface area contributed by atoms with Crippen LogP contribution >= 0.6 is 0 Å². The molecule has 4 rings (SSSR count). The van der Waals surface area contributed by atoms with Gasteiger partial charge in [-0.15, -0.1) is 0 Å². The molecule has 2 aromatic carbocycles. The predicted molar refractivity (Wildman–Crippen MR) is 81.8 cm³/mol. The van der Waals surface area contributed by atoms with Gasteiger partial charge in [-0.2, -0.15) is 0 Å². The highest BCUT2D eigenvalue weighted by Crippen LogP contribution is 2.27. The molecule has 0 aliphatic carbocycles. The van der Waals surface area contributed by atoms with E-state index >= 15 is 0 Å². The van der Waals surface area contributed by atoms with Crippen molar-refractivity contribution in [1.29, 1.82) is 0 Å². The number of aromatic nitrogens is 1. The van der Waals surface area contributed by atoms with Crippen LogP contribution in [0.25, 0.3) is 10.9 Å². The van der Waals surface area contributed by atoms with Crippen LogP contribution < -0.4 is 10.9 Å². The van der Waals surface area contributed by atoms with Crippen molar-refractivity contribution >= 4 is 22.5 Å². The van der Waals surface area contributed by atoms with Gasteiger partial charge >= 0.3 is 0 Å². The number of fused-ring (bicyclic) bond motifs is 4. The van der Waals surface area contributed by atoms with Gasteiger partial charge in [0.25, 0.3) is 11.5 Å². The lowest BCUT2D eigenvalue weighted by Gasteiger charge is -2.08. The van der Waals surface area contributed by atoms with Crippen molar-refractivity contribution in [2.75, 3.05) is 5.32 Å². The van der Waals surface area contributed by atoms with Crippen LogP contribution in [0, 0.1) is 0 Å². The highest BCUT2D eigenvalue weighted by Gasteiger charge is 2.23. The van der Waals surface area contributed by atoms with Crippen LogP contribution in [-0.2, 0) is 6.42 Å². The molecular weight excluding hydrogens is 264 g/mol. The van der Waals surface area contributed by atoms with Crippen molar-refractivity contribution in [2.24, 2.45) is 0 Å². The average Bonchev–Trinajstić information content (AvgIpc) is 2.64. The normalized spacial score (nSPS) is 13.2. The Kier molecular flexibility index (Phi) is 2.44. The van der Waals surface area contributed by atoms with Gasteiger partial charge in [0.2, 0.25) is 0 Å². The summed E-state index contributed by atoms with van der Waals surface area (Å²) >= 11 is 0. The summed E-state index contributed by atoms with van der Waals surface area (Å²) in [5.41, 5.74) is 3.20. The second-order valence-corrected chi connectivity index (χ2v) is 5.14. The number of nitrogens with one attached hydrogen (secondary N) is 2. The number of H-pyrrole nitrogens is 1. The number of rotatable bonds is 0. The van der Waals surface area contributed by atoms with E-state index in [9.17, 15) is 9.59 Å². The molecule has 0 atom stereocenters. The van der Waals surface area contributed by atoms with Crippen molar-refractivity contribution in [3.8, 4) is 0 Å². The Balaban J connectivity index is 2.09. The van der Waals surface area contributed by atoms with Crippen molar-refractivity contribution < 1.29 is 4.79 Å². The Morgan fingerprint density at radius 3 is 2.57 bits per heavy atom. The summed E-state index contributed by atoms with van der Waals surface area (Å²) in [6, 6.07) is 14.9. The molecule has 2 N–H and O–H groups in total. The lowest BCUT2D eigenvalue weighted by Crippen LogP contribution is -2.20. The Morgan fingerprint density at radius 2 is 1.67 bits per heavy atom. The molecule has 2 heterocycles. The van der Waals surface area contributed by atoms with Gasteiger partial charge in [0.15, 0.2) is 0 Å². The monoisotopic (exact) mass is 276 g/mol. The standard InChI is InChI=1S/C17H12N2O2/c20-16-12-9-10-5-1-3-7-13(10)18-17(21)15(12)11-6-2-4-8-14(11)19-16/h1-8H,9H2,(H,18,21)(H,19,20). The van der Waals surface area contributed by atoms with E-state index in [-0.39, 0.29) is 11.5 Å². The maximum atomic E-state index is 12.6. The first-order chi connectivity index (χ1) is 10.2. The Bertz CT molecular complexity index is 941. The van der Waals surface area contributed by atoms with E-state index in [2.05, 4.69) is 10.3 Å². The number of carbonyl (C=O) groups is 1. The van der Waals surface area contributed by atoms with Crippen LogP contribution in [0.5, 0.6) is 0 Å². The fourth-order valence-electron chi connectivity index (χ4n) is 2.88. The molecule has 4 heteroatoms. The maximum Gasteiger partial charge on any atom is 0.256 e. The first kappa shape index (κ1) is 11.9.